The fraction of sp³-hybridized carbons (Fsp3) is 0.500. The first-order valence-electron chi connectivity index (χ1n) is 6.41. The molecule has 112 valence electrons. The van der Waals surface area contributed by atoms with E-state index >= 15 is 0 Å². The number of nitrogens with two attached hydrogens (primary N) is 1. The predicted molar refractivity (Wildman–Crippen MR) is 82.9 cm³/mol. The first-order valence-corrected chi connectivity index (χ1v) is 6.79. The molecule has 1 aliphatic rings. The molecule has 6 heteroatoms. The van der Waals surface area contributed by atoms with E-state index in [4.69, 9.17) is 22.1 Å². The van der Waals surface area contributed by atoms with Crippen LogP contribution in [0.15, 0.2) is 18.2 Å². The second-order valence-electron chi connectivity index (χ2n) is 5.03. The molecule has 2 rings (SSSR count). The summed E-state index contributed by atoms with van der Waals surface area (Å²) in [6.45, 7) is 3.43. The summed E-state index contributed by atoms with van der Waals surface area (Å²) in [5.74, 6) is 0.818. The van der Waals surface area contributed by atoms with Gasteiger partial charge in [0.1, 0.15) is 5.75 Å². The largest absolute Gasteiger partial charge is 0.496 e. The van der Waals surface area contributed by atoms with E-state index in [2.05, 4.69) is 6.92 Å². The quantitative estimate of drug-likeness (QED) is 0.911. The minimum Gasteiger partial charge on any atom is -0.496 e. The van der Waals surface area contributed by atoms with Crippen LogP contribution in [0.1, 0.15) is 23.7 Å². The Hall–Kier alpha value is -0.970. The maximum Gasteiger partial charge on any atom is 0.257 e. The van der Waals surface area contributed by atoms with E-state index in [0.29, 0.717) is 35.3 Å². The van der Waals surface area contributed by atoms with Crippen LogP contribution >= 0.6 is 24.0 Å². The molecular formula is C14H20Cl2N2O2. The summed E-state index contributed by atoms with van der Waals surface area (Å²) in [6.07, 6.45) is 0.829. The van der Waals surface area contributed by atoms with Crippen LogP contribution in [0.4, 0.5) is 0 Å². The van der Waals surface area contributed by atoms with Gasteiger partial charge < -0.3 is 15.4 Å². The van der Waals surface area contributed by atoms with Crippen LogP contribution in [0, 0.1) is 5.92 Å². The number of amides is 1. The van der Waals surface area contributed by atoms with E-state index in [1.165, 1.54) is 0 Å². The van der Waals surface area contributed by atoms with Gasteiger partial charge in [-0.1, -0.05) is 18.5 Å². The Morgan fingerprint density at radius 3 is 2.80 bits per heavy atom. The van der Waals surface area contributed by atoms with Gasteiger partial charge in [-0.25, -0.2) is 0 Å². The molecule has 0 aliphatic carbocycles. The van der Waals surface area contributed by atoms with Gasteiger partial charge >= 0.3 is 0 Å². The van der Waals surface area contributed by atoms with Crippen molar-refractivity contribution in [2.24, 2.45) is 11.7 Å². The Morgan fingerprint density at radius 2 is 2.20 bits per heavy atom. The number of rotatable bonds is 2. The zero-order valence-corrected chi connectivity index (χ0v) is 13.2. The van der Waals surface area contributed by atoms with E-state index in [0.717, 1.165) is 6.42 Å². The van der Waals surface area contributed by atoms with Gasteiger partial charge in [0.25, 0.3) is 5.91 Å². The Balaban J connectivity index is 0.00000200. The molecule has 0 saturated carbocycles. The molecule has 20 heavy (non-hydrogen) atoms. The highest BCUT2D eigenvalue weighted by Gasteiger charge is 2.28. The number of likely N-dealkylation sites (tertiary alicyclic amines) is 1. The van der Waals surface area contributed by atoms with Crippen LogP contribution in [0.25, 0.3) is 0 Å². The summed E-state index contributed by atoms with van der Waals surface area (Å²) in [5, 5.41) is 0.533. The lowest BCUT2D eigenvalue weighted by molar-refractivity contribution is 0.0661. The number of halogens is 2. The minimum absolute atomic E-state index is 0. The molecule has 0 radical (unpaired) electrons. The highest BCUT2D eigenvalue weighted by Crippen LogP contribution is 2.26. The molecule has 1 fully saturated rings. The molecule has 0 spiro atoms. The third-order valence-electron chi connectivity index (χ3n) is 3.65. The number of nitrogens with zero attached hydrogens (tertiary/aromatic N) is 1. The number of hydrogen-bond donors (Lipinski definition) is 1. The number of benzene rings is 1. The molecule has 1 aromatic carbocycles. The Morgan fingerprint density at radius 1 is 1.50 bits per heavy atom. The number of carbonyl (C=O) groups is 1. The smallest absolute Gasteiger partial charge is 0.257 e. The Labute approximate surface area is 130 Å². The fourth-order valence-electron chi connectivity index (χ4n) is 2.37. The number of carbonyl (C=O) groups excluding carboxylic acids is 1. The van der Waals surface area contributed by atoms with Crippen molar-refractivity contribution in [3.8, 4) is 5.75 Å². The predicted octanol–water partition coefficient (Wildman–Crippen LogP) is 2.58. The van der Waals surface area contributed by atoms with Gasteiger partial charge in [-0.05, 0) is 30.5 Å². The number of methoxy groups -OCH3 is 1. The summed E-state index contributed by atoms with van der Waals surface area (Å²) in [4.78, 5) is 14.4. The molecular weight excluding hydrogens is 299 g/mol. The molecule has 1 heterocycles. The Bertz CT molecular complexity index is 482. The monoisotopic (exact) mass is 318 g/mol. The first kappa shape index (κ1) is 17.1. The molecule has 1 amide bonds. The van der Waals surface area contributed by atoms with Crippen molar-refractivity contribution in [1.82, 2.24) is 4.90 Å². The van der Waals surface area contributed by atoms with Crippen molar-refractivity contribution in [2.45, 2.75) is 19.4 Å². The second kappa shape index (κ2) is 7.16. The van der Waals surface area contributed by atoms with Crippen LogP contribution < -0.4 is 10.5 Å². The SMILES string of the molecule is COc1ccc(Cl)cc1C(=O)N1CCC(N)C(C)C1.Cl. The van der Waals surface area contributed by atoms with Crippen LogP contribution in [0.3, 0.4) is 0 Å². The molecule has 2 atom stereocenters. The van der Waals surface area contributed by atoms with Crippen molar-refractivity contribution in [2.75, 3.05) is 20.2 Å². The molecule has 0 bridgehead atoms. The van der Waals surface area contributed by atoms with Crippen molar-refractivity contribution < 1.29 is 9.53 Å². The van der Waals surface area contributed by atoms with Gasteiger partial charge in [-0.15, -0.1) is 12.4 Å². The van der Waals surface area contributed by atoms with Crippen LogP contribution in [0.5, 0.6) is 5.75 Å². The lowest BCUT2D eigenvalue weighted by atomic mass is 9.94. The van der Waals surface area contributed by atoms with E-state index in [9.17, 15) is 4.79 Å². The van der Waals surface area contributed by atoms with Gasteiger partial charge in [0.2, 0.25) is 0 Å². The van der Waals surface area contributed by atoms with Gasteiger partial charge in [0, 0.05) is 24.2 Å². The van der Waals surface area contributed by atoms with Gasteiger partial charge in [0.05, 0.1) is 12.7 Å². The lowest BCUT2D eigenvalue weighted by Crippen LogP contribution is -2.48. The van der Waals surface area contributed by atoms with Gasteiger partial charge in [0.15, 0.2) is 0 Å². The van der Waals surface area contributed by atoms with Gasteiger partial charge in [-0.3, -0.25) is 4.79 Å². The topological polar surface area (TPSA) is 55.6 Å². The third kappa shape index (κ3) is 3.57. The molecule has 1 aliphatic heterocycles. The summed E-state index contributed by atoms with van der Waals surface area (Å²) >= 11 is 5.96. The highest BCUT2D eigenvalue weighted by atomic mass is 35.5. The zero-order chi connectivity index (χ0) is 14.0. The second-order valence-corrected chi connectivity index (χ2v) is 5.46. The summed E-state index contributed by atoms with van der Waals surface area (Å²) in [5.41, 5.74) is 6.49. The molecule has 2 N–H and O–H groups in total. The Kier molecular flexibility index (Phi) is 6.11. The zero-order valence-electron chi connectivity index (χ0n) is 11.6. The number of hydrogen-bond acceptors (Lipinski definition) is 3. The number of ether oxygens (including phenoxy) is 1. The molecule has 4 nitrogen and oxygen atoms in total. The van der Waals surface area contributed by atoms with Gasteiger partial charge in [-0.2, -0.15) is 0 Å². The highest BCUT2D eigenvalue weighted by molar-refractivity contribution is 6.31. The standard InChI is InChI=1S/C14H19ClN2O2.ClH/c1-9-8-17(6-5-12(9)16)14(18)11-7-10(15)3-4-13(11)19-2;/h3-4,7,9,12H,5-6,8,16H2,1-2H3;1H. The lowest BCUT2D eigenvalue weighted by Gasteiger charge is -2.35. The number of piperidine rings is 1. The van der Waals surface area contributed by atoms with Crippen molar-refractivity contribution in [1.29, 1.82) is 0 Å². The van der Waals surface area contributed by atoms with Crippen molar-refractivity contribution >= 4 is 29.9 Å². The van der Waals surface area contributed by atoms with Crippen molar-refractivity contribution in [3.63, 3.8) is 0 Å². The average molecular weight is 319 g/mol. The minimum atomic E-state index is -0.0434. The van der Waals surface area contributed by atoms with E-state index in [-0.39, 0.29) is 24.4 Å². The van der Waals surface area contributed by atoms with E-state index < -0.39 is 0 Å². The molecule has 1 aromatic rings. The molecule has 2 unspecified atom stereocenters. The average Bonchev–Trinajstić information content (AvgIpc) is 2.41. The molecule has 0 aromatic heterocycles. The van der Waals surface area contributed by atoms with Crippen LogP contribution in [-0.4, -0.2) is 37.0 Å². The van der Waals surface area contributed by atoms with Crippen LogP contribution in [-0.2, 0) is 0 Å². The summed E-state index contributed by atoms with van der Waals surface area (Å²) in [6, 6.07) is 5.26. The van der Waals surface area contributed by atoms with E-state index in [1.807, 2.05) is 4.90 Å². The third-order valence-corrected chi connectivity index (χ3v) is 3.89. The fourth-order valence-corrected chi connectivity index (χ4v) is 2.54. The van der Waals surface area contributed by atoms with Crippen LogP contribution in [0.2, 0.25) is 5.02 Å². The maximum atomic E-state index is 12.5. The normalized spacial score (nSPS) is 22.1. The van der Waals surface area contributed by atoms with E-state index in [1.54, 1.807) is 25.3 Å². The summed E-state index contributed by atoms with van der Waals surface area (Å²) < 4.78 is 5.23. The summed E-state index contributed by atoms with van der Waals surface area (Å²) in [7, 11) is 1.55. The van der Waals surface area contributed by atoms with Crippen molar-refractivity contribution in [3.05, 3.63) is 28.8 Å². The first-order chi connectivity index (χ1) is 9.02. The molecule has 1 saturated heterocycles. The maximum absolute atomic E-state index is 12.5.